The van der Waals surface area contributed by atoms with Gasteiger partial charge in [0.2, 0.25) is 0 Å². The molecule has 17 heavy (non-hydrogen) atoms. The number of pyridine rings is 1. The Hall–Kier alpha value is -1.00. The van der Waals surface area contributed by atoms with Crippen LogP contribution in [0.15, 0.2) is 18.5 Å². The Kier molecular flexibility index (Phi) is 4.07. The summed E-state index contributed by atoms with van der Waals surface area (Å²) < 4.78 is 0. The quantitative estimate of drug-likeness (QED) is 0.831. The van der Waals surface area contributed by atoms with Gasteiger partial charge in [-0.2, -0.15) is 0 Å². The van der Waals surface area contributed by atoms with Crippen molar-refractivity contribution in [3.63, 3.8) is 0 Å². The average Bonchev–Trinajstić information content (AvgIpc) is 2.29. The summed E-state index contributed by atoms with van der Waals surface area (Å²) in [5, 5.41) is 0. The standard InChI is InChI=1S/C13H19N3S/c1-10-6-11(8-15-7-10)9-16-4-2-12(3-5-16)13(14)17/h6-8,12H,2-5,9H2,1H3,(H2,14,17). The first-order valence-electron chi connectivity index (χ1n) is 6.07. The number of thiocarbonyl (C=S) groups is 1. The third-order valence-corrected chi connectivity index (χ3v) is 3.66. The Labute approximate surface area is 108 Å². The van der Waals surface area contributed by atoms with Gasteiger partial charge >= 0.3 is 0 Å². The first-order chi connectivity index (χ1) is 8.15. The van der Waals surface area contributed by atoms with Crippen LogP contribution in [-0.4, -0.2) is 28.0 Å². The third kappa shape index (κ3) is 3.48. The second-order valence-corrected chi connectivity index (χ2v) is 5.29. The van der Waals surface area contributed by atoms with E-state index in [0.29, 0.717) is 10.9 Å². The number of aryl methyl sites for hydroxylation is 1. The molecule has 0 bridgehead atoms. The molecular weight excluding hydrogens is 230 g/mol. The normalized spacial score (nSPS) is 18.2. The first kappa shape index (κ1) is 12.5. The molecule has 1 aliphatic heterocycles. The number of rotatable bonds is 3. The lowest BCUT2D eigenvalue weighted by atomic mass is 9.96. The average molecular weight is 249 g/mol. The van der Waals surface area contributed by atoms with Gasteiger partial charge in [0, 0.05) is 24.9 Å². The molecule has 0 saturated carbocycles. The molecule has 0 aliphatic carbocycles. The molecule has 1 fully saturated rings. The van der Waals surface area contributed by atoms with Gasteiger partial charge in [-0.25, -0.2) is 0 Å². The van der Waals surface area contributed by atoms with E-state index in [0.717, 1.165) is 32.5 Å². The number of hydrogen-bond donors (Lipinski definition) is 1. The van der Waals surface area contributed by atoms with Crippen LogP contribution in [0.5, 0.6) is 0 Å². The largest absolute Gasteiger partial charge is 0.393 e. The van der Waals surface area contributed by atoms with Crippen molar-refractivity contribution >= 4 is 17.2 Å². The van der Waals surface area contributed by atoms with Crippen LogP contribution in [0.4, 0.5) is 0 Å². The van der Waals surface area contributed by atoms with E-state index >= 15 is 0 Å². The minimum atomic E-state index is 0.442. The van der Waals surface area contributed by atoms with Crippen molar-refractivity contribution in [2.45, 2.75) is 26.3 Å². The molecule has 0 aromatic carbocycles. The van der Waals surface area contributed by atoms with Crippen LogP contribution < -0.4 is 5.73 Å². The predicted molar refractivity (Wildman–Crippen MR) is 73.8 cm³/mol. The summed E-state index contributed by atoms with van der Waals surface area (Å²) in [6, 6.07) is 2.20. The monoisotopic (exact) mass is 249 g/mol. The van der Waals surface area contributed by atoms with Gasteiger partial charge in [0.15, 0.2) is 0 Å². The molecular formula is C13H19N3S. The summed E-state index contributed by atoms with van der Waals surface area (Å²) in [6.45, 7) is 5.22. The van der Waals surface area contributed by atoms with E-state index in [2.05, 4.69) is 22.9 Å². The summed E-state index contributed by atoms with van der Waals surface area (Å²) >= 11 is 5.05. The number of likely N-dealkylation sites (tertiary alicyclic amines) is 1. The highest BCUT2D eigenvalue weighted by atomic mass is 32.1. The van der Waals surface area contributed by atoms with Crippen LogP contribution in [0.3, 0.4) is 0 Å². The van der Waals surface area contributed by atoms with Crippen LogP contribution in [0, 0.1) is 12.8 Å². The van der Waals surface area contributed by atoms with Crippen LogP contribution in [-0.2, 0) is 6.54 Å². The van der Waals surface area contributed by atoms with Gasteiger partial charge in [-0.15, -0.1) is 0 Å². The SMILES string of the molecule is Cc1cncc(CN2CCC(C(N)=S)CC2)c1. The van der Waals surface area contributed by atoms with Crippen LogP contribution >= 0.6 is 12.2 Å². The van der Waals surface area contributed by atoms with Crippen molar-refractivity contribution in [3.8, 4) is 0 Å². The molecule has 3 nitrogen and oxygen atoms in total. The molecule has 92 valence electrons. The molecule has 1 aliphatic rings. The predicted octanol–water partition coefficient (Wildman–Crippen LogP) is 1.89. The molecule has 1 aromatic rings. The molecule has 4 heteroatoms. The zero-order chi connectivity index (χ0) is 12.3. The maximum atomic E-state index is 5.69. The van der Waals surface area contributed by atoms with Gasteiger partial charge in [0.1, 0.15) is 0 Å². The Morgan fingerprint density at radius 2 is 2.18 bits per heavy atom. The van der Waals surface area contributed by atoms with Gasteiger partial charge in [-0.1, -0.05) is 18.3 Å². The molecule has 0 spiro atoms. The fourth-order valence-corrected chi connectivity index (χ4v) is 2.57. The molecule has 0 amide bonds. The summed E-state index contributed by atoms with van der Waals surface area (Å²) in [6.07, 6.45) is 6.03. The van der Waals surface area contributed by atoms with Gasteiger partial charge in [0.05, 0.1) is 4.99 Å². The van der Waals surface area contributed by atoms with Gasteiger partial charge in [-0.05, 0) is 44.0 Å². The fraction of sp³-hybridized carbons (Fsp3) is 0.538. The molecule has 0 radical (unpaired) electrons. The summed E-state index contributed by atoms with van der Waals surface area (Å²) in [4.78, 5) is 7.36. The Morgan fingerprint density at radius 3 is 2.76 bits per heavy atom. The first-order valence-corrected chi connectivity index (χ1v) is 6.48. The molecule has 2 heterocycles. The second-order valence-electron chi connectivity index (χ2n) is 4.82. The number of hydrogen-bond acceptors (Lipinski definition) is 3. The molecule has 1 aromatic heterocycles. The third-order valence-electron chi connectivity index (χ3n) is 3.33. The molecule has 1 saturated heterocycles. The lowest BCUT2D eigenvalue weighted by molar-refractivity contribution is 0.202. The van der Waals surface area contributed by atoms with E-state index in [-0.39, 0.29) is 0 Å². The summed E-state index contributed by atoms with van der Waals surface area (Å²) in [7, 11) is 0. The Morgan fingerprint density at radius 1 is 1.47 bits per heavy atom. The number of nitrogens with zero attached hydrogens (tertiary/aromatic N) is 2. The Balaban J connectivity index is 1.88. The van der Waals surface area contributed by atoms with Gasteiger partial charge < -0.3 is 5.73 Å². The van der Waals surface area contributed by atoms with Crippen molar-refractivity contribution in [2.75, 3.05) is 13.1 Å². The minimum Gasteiger partial charge on any atom is -0.393 e. The lowest BCUT2D eigenvalue weighted by Gasteiger charge is -2.31. The molecule has 2 N–H and O–H groups in total. The zero-order valence-electron chi connectivity index (χ0n) is 10.2. The van der Waals surface area contributed by atoms with Crippen molar-refractivity contribution in [2.24, 2.45) is 11.7 Å². The number of nitrogens with two attached hydrogens (primary N) is 1. The van der Waals surface area contributed by atoms with E-state index in [4.69, 9.17) is 18.0 Å². The van der Waals surface area contributed by atoms with E-state index in [9.17, 15) is 0 Å². The molecule has 0 atom stereocenters. The van der Waals surface area contributed by atoms with Crippen molar-refractivity contribution < 1.29 is 0 Å². The summed E-state index contributed by atoms with van der Waals surface area (Å²) in [5.74, 6) is 0.442. The maximum Gasteiger partial charge on any atom is 0.0759 e. The topological polar surface area (TPSA) is 42.2 Å². The fourth-order valence-electron chi connectivity index (χ4n) is 2.34. The van der Waals surface area contributed by atoms with Crippen molar-refractivity contribution in [3.05, 3.63) is 29.6 Å². The smallest absolute Gasteiger partial charge is 0.0759 e. The van der Waals surface area contributed by atoms with E-state index in [1.165, 1.54) is 11.1 Å². The maximum absolute atomic E-state index is 5.69. The van der Waals surface area contributed by atoms with Crippen molar-refractivity contribution in [1.82, 2.24) is 9.88 Å². The Bertz CT molecular complexity index is 397. The highest BCUT2D eigenvalue weighted by Gasteiger charge is 2.20. The van der Waals surface area contributed by atoms with E-state index in [1.807, 2.05) is 12.4 Å². The summed E-state index contributed by atoms with van der Waals surface area (Å²) in [5.41, 5.74) is 8.20. The highest BCUT2D eigenvalue weighted by molar-refractivity contribution is 7.80. The molecule has 2 rings (SSSR count). The zero-order valence-corrected chi connectivity index (χ0v) is 11.0. The van der Waals surface area contributed by atoms with Crippen LogP contribution in [0.1, 0.15) is 24.0 Å². The van der Waals surface area contributed by atoms with Gasteiger partial charge in [0.25, 0.3) is 0 Å². The van der Waals surface area contributed by atoms with E-state index < -0.39 is 0 Å². The molecule has 0 unspecified atom stereocenters. The van der Waals surface area contributed by atoms with E-state index in [1.54, 1.807) is 0 Å². The minimum absolute atomic E-state index is 0.442. The second kappa shape index (κ2) is 5.56. The number of piperidine rings is 1. The van der Waals surface area contributed by atoms with Crippen LogP contribution in [0.25, 0.3) is 0 Å². The van der Waals surface area contributed by atoms with Crippen molar-refractivity contribution in [1.29, 1.82) is 0 Å². The highest BCUT2D eigenvalue weighted by Crippen LogP contribution is 2.19. The lowest BCUT2D eigenvalue weighted by Crippen LogP contribution is -2.37. The van der Waals surface area contributed by atoms with Crippen LogP contribution in [0.2, 0.25) is 0 Å². The van der Waals surface area contributed by atoms with Gasteiger partial charge in [-0.3, -0.25) is 9.88 Å². The number of aromatic nitrogens is 1.